The van der Waals surface area contributed by atoms with Gasteiger partial charge in [0.25, 0.3) is 5.91 Å². The second kappa shape index (κ2) is 9.21. The van der Waals surface area contributed by atoms with E-state index in [2.05, 4.69) is 10.4 Å². The van der Waals surface area contributed by atoms with Gasteiger partial charge in [0.05, 0.1) is 17.3 Å². The summed E-state index contributed by atoms with van der Waals surface area (Å²) < 4.78 is 40.9. The summed E-state index contributed by atoms with van der Waals surface area (Å²) in [6.45, 7) is 0. The normalized spacial score (nSPS) is 12.1. The van der Waals surface area contributed by atoms with Gasteiger partial charge in [-0.25, -0.2) is 4.68 Å². The number of nitrogens with zero attached hydrogens (tertiary/aromatic N) is 3. The number of aromatic nitrogens is 2. The fourth-order valence-electron chi connectivity index (χ4n) is 3.39. The number of rotatable bonds is 5. The first-order valence-electron chi connectivity index (χ1n) is 10.1. The molecule has 1 aromatic heterocycles. The molecule has 0 aliphatic carbocycles. The molecule has 1 atom stereocenters. The molecule has 3 aromatic carbocycles. The van der Waals surface area contributed by atoms with E-state index < -0.39 is 23.9 Å². The number of carbonyl (C=O) groups is 1. The molecule has 4 aromatic rings. The first-order valence-corrected chi connectivity index (χ1v) is 10.1. The second-order valence-electron chi connectivity index (χ2n) is 7.38. The SMILES string of the molecule is N#Cc1cccc(-n2nc(C(F)(F)F)cc2C(=O)Nc2cccc(C(O)c3ccccc3)c2)c1. The van der Waals surface area contributed by atoms with Crippen LogP contribution in [0.15, 0.2) is 84.9 Å². The minimum Gasteiger partial charge on any atom is -0.384 e. The van der Waals surface area contributed by atoms with Gasteiger partial charge in [-0.1, -0.05) is 48.5 Å². The standard InChI is InChI=1S/C25H17F3N4O2/c26-25(27,28)22-14-21(32(31-22)20-11-4-6-16(12-20)15-29)24(34)30-19-10-5-9-18(13-19)23(33)17-7-2-1-3-8-17/h1-14,23,33H,(H,30,34). The molecule has 0 saturated carbocycles. The zero-order chi connectivity index (χ0) is 24.3. The number of alkyl halides is 3. The number of hydrogen-bond donors (Lipinski definition) is 2. The quantitative estimate of drug-likeness (QED) is 0.432. The van der Waals surface area contributed by atoms with Crippen LogP contribution in [0.3, 0.4) is 0 Å². The Morgan fingerprint density at radius 1 is 0.971 bits per heavy atom. The molecule has 0 aliphatic rings. The summed E-state index contributed by atoms with van der Waals surface area (Å²) in [4.78, 5) is 13.0. The first kappa shape index (κ1) is 22.8. The third-order valence-electron chi connectivity index (χ3n) is 5.03. The first-order chi connectivity index (χ1) is 16.3. The molecular formula is C25H17F3N4O2. The lowest BCUT2D eigenvalue weighted by atomic mass is 10.0. The van der Waals surface area contributed by atoms with Gasteiger partial charge in [0.1, 0.15) is 11.8 Å². The average molecular weight is 462 g/mol. The van der Waals surface area contributed by atoms with Gasteiger partial charge >= 0.3 is 6.18 Å². The number of anilines is 1. The lowest BCUT2D eigenvalue weighted by molar-refractivity contribution is -0.141. The third-order valence-corrected chi connectivity index (χ3v) is 5.03. The number of nitriles is 1. The Balaban J connectivity index is 1.67. The molecule has 1 heterocycles. The van der Waals surface area contributed by atoms with Crippen LogP contribution in [0.4, 0.5) is 18.9 Å². The van der Waals surface area contributed by atoms with Crippen LogP contribution in [-0.4, -0.2) is 20.8 Å². The number of halogens is 3. The van der Waals surface area contributed by atoms with Gasteiger partial charge in [-0.15, -0.1) is 0 Å². The van der Waals surface area contributed by atoms with Crippen molar-refractivity contribution >= 4 is 11.6 Å². The zero-order valence-corrected chi connectivity index (χ0v) is 17.5. The Bertz CT molecular complexity index is 1370. The van der Waals surface area contributed by atoms with Crippen LogP contribution in [0.1, 0.15) is 39.0 Å². The number of benzene rings is 3. The van der Waals surface area contributed by atoms with Gasteiger partial charge in [-0.2, -0.15) is 23.5 Å². The fourth-order valence-corrected chi connectivity index (χ4v) is 3.39. The number of amides is 1. The summed E-state index contributed by atoms with van der Waals surface area (Å²) in [6, 6.07) is 23.6. The van der Waals surface area contributed by atoms with Crippen molar-refractivity contribution in [2.24, 2.45) is 0 Å². The number of carbonyl (C=O) groups excluding carboxylic acids is 1. The molecule has 0 bridgehead atoms. The van der Waals surface area contributed by atoms with Crippen molar-refractivity contribution in [3.8, 4) is 11.8 Å². The largest absolute Gasteiger partial charge is 0.435 e. The van der Waals surface area contributed by atoms with Gasteiger partial charge in [0, 0.05) is 11.8 Å². The Kier molecular flexibility index (Phi) is 6.17. The Morgan fingerprint density at radius 3 is 2.38 bits per heavy atom. The summed E-state index contributed by atoms with van der Waals surface area (Å²) in [7, 11) is 0. The number of aliphatic hydroxyl groups is 1. The van der Waals surface area contributed by atoms with Gasteiger partial charge in [-0.05, 0) is 41.5 Å². The van der Waals surface area contributed by atoms with Crippen LogP contribution in [0, 0.1) is 11.3 Å². The summed E-state index contributed by atoms with van der Waals surface area (Å²) in [5.41, 5.74) is 0.157. The third kappa shape index (κ3) is 4.82. The molecule has 0 saturated heterocycles. The van der Waals surface area contributed by atoms with E-state index in [4.69, 9.17) is 5.26 Å². The number of nitrogens with one attached hydrogen (secondary N) is 1. The van der Waals surface area contributed by atoms with E-state index in [0.29, 0.717) is 17.2 Å². The van der Waals surface area contributed by atoms with Gasteiger partial charge < -0.3 is 10.4 Å². The lowest BCUT2D eigenvalue weighted by Gasteiger charge is -2.13. The molecule has 0 aliphatic heterocycles. The molecule has 0 radical (unpaired) electrons. The molecule has 170 valence electrons. The highest BCUT2D eigenvalue weighted by Gasteiger charge is 2.36. The molecule has 34 heavy (non-hydrogen) atoms. The van der Waals surface area contributed by atoms with E-state index in [-0.39, 0.29) is 22.6 Å². The van der Waals surface area contributed by atoms with Crippen molar-refractivity contribution < 1.29 is 23.1 Å². The molecule has 1 amide bonds. The molecule has 1 unspecified atom stereocenters. The van der Waals surface area contributed by atoms with Crippen molar-refractivity contribution in [2.45, 2.75) is 12.3 Å². The van der Waals surface area contributed by atoms with Crippen LogP contribution in [0.25, 0.3) is 5.69 Å². The molecular weight excluding hydrogens is 445 g/mol. The van der Waals surface area contributed by atoms with Crippen LogP contribution in [0.2, 0.25) is 0 Å². The van der Waals surface area contributed by atoms with Crippen LogP contribution in [0.5, 0.6) is 0 Å². The van der Waals surface area contributed by atoms with Crippen molar-refractivity contribution in [3.05, 3.63) is 113 Å². The molecule has 9 heteroatoms. The lowest BCUT2D eigenvalue weighted by Crippen LogP contribution is -2.17. The molecule has 2 N–H and O–H groups in total. The van der Waals surface area contributed by atoms with E-state index in [1.54, 1.807) is 42.5 Å². The zero-order valence-electron chi connectivity index (χ0n) is 17.5. The van der Waals surface area contributed by atoms with Gasteiger partial charge in [0.15, 0.2) is 5.69 Å². The van der Waals surface area contributed by atoms with Gasteiger partial charge in [0.2, 0.25) is 0 Å². The van der Waals surface area contributed by atoms with Crippen LogP contribution in [-0.2, 0) is 6.18 Å². The Morgan fingerprint density at radius 2 is 1.68 bits per heavy atom. The maximum absolute atomic E-state index is 13.3. The van der Waals surface area contributed by atoms with Crippen LogP contribution >= 0.6 is 0 Å². The smallest absolute Gasteiger partial charge is 0.384 e. The predicted octanol–water partition coefficient (Wildman–Crippen LogP) is 5.10. The highest BCUT2D eigenvalue weighted by Crippen LogP contribution is 2.30. The van der Waals surface area contributed by atoms with E-state index in [9.17, 15) is 23.1 Å². The summed E-state index contributed by atoms with van der Waals surface area (Å²) in [5.74, 6) is -0.836. The summed E-state index contributed by atoms with van der Waals surface area (Å²) in [6.07, 6.45) is -5.72. The topological polar surface area (TPSA) is 90.9 Å². The predicted molar refractivity (Wildman–Crippen MR) is 118 cm³/mol. The Hall–Kier alpha value is -4.42. The van der Waals surface area contributed by atoms with E-state index >= 15 is 0 Å². The minimum absolute atomic E-state index is 0.132. The molecule has 0 spiro atoms. The van der Waals surface area contributed by atoms with Crippen molar-refractivity contribution in [2.75, 3.05) is 5.32 Å². The van der Waals surface area contributed by atoms with Crippen molar-refractivity contribution in [1.29, 1.82) is 5.26 Å². The Labute approximate surface area is 192 Å². The van der Waals surface area contributed by atoms with E-state index in [1.165, 1.54) is 30.3 Å². The minimum atomic E-state index is -4.77. The highest BCUT2D eigenvalue weighted by molar-refractivity contribution is 6.03. The molecule has 0 fully saturated rings. The van der Waals surface area contributed by atoms with Gasteiger partial charge in [-0.3, -0.25) is 4.79 Å². The van der Waals surface area contributed by atoms with Crippen molar-refractivity contribution in [3.63, 3.8) is 0 Å². The molecule has 4 rings (SSSR count). The maximum atomic E-state index is 13.3. The fraction of sp³-hybridized carbons (Fsp3) is 0.0800. The average Bonchev–Trinajstić information content (AvgIpc) is 3.31. The highest BCUT2D eigenvalue weighted by atomic mass is 19.4. The maximum Gasteiger partial charge on any atom is 0.435 e. The summed E-state index contributed by atoms with van der Waals surface area (Å²) in [5, 5.41) is 25.9. The van der Waals surface area contributed by atoms with Crippen molar-refractivity contribution in [1.82, 2.24) is 9.78 Å². The number of hydrogen-bond acceptors (Lipinski definition) is 4. The summed E-state index contributed by atoms with van der Waals surface area (Å²) >= 11 is 0. The molecule has 6 nitrogen and oxygen atoms in total. The monoisotopic (exact) mass is 462 g/mol. The second-order valence-corrected chi connectivity index (χ2v) is 7.38. The van der Waals surface area contributed by atoms with E-state index in [0.717, 1.165) is 4.68 Å². The van der Waals surface area contributed by atoms with Crippen LogP contribution < -0.4 is 5.32 Å². The number of aliphatic hydroxyl groups excluding tert-OH is 1. The van der Waals surface area contributed by atoms with E-state index in [1.807, 2.05) is 12.1 Å².